The third kappa shape index (κ3) is 3.41. The first kappa shape index (κ1) is 15.5. The summed E-state index contributed by atoms with van der Waals surface area (Å²) in [6.07, 6.45) is 2.61. The van der Waals surface area contributed by atoms with E-state index in [4.69, 9.17) is 5.11 Å². The Hall–Kier alpha value is -1.89. The van der Waals surface area contributed by atoms with Gasteiger partial charge in [0.1, 0.15) is 6.04 Å². The number of amides is 1. The number of carboxylic acid groups (broad SMARTS) is 1. The van der Waals surface area contributed by atoms with Crippen LogP contribution < -0.4 is 0 Å². The van der Waals surface area contributed by atoms with E-state index in [0.29, 0.717) is 0 Å². The quantitative estimate of drug-likeness (QED) is 0.881. The molecule has 1 amide bonds. The van der Waals surface area contributed by atoms with Crippen molar-refractivity contribution >= 4 is 21.7 Å². The van der Waals surface area contributed by atoms with Gasteiger partial charge >= 0.3 is 5.97 Å². The number of carboxylic acids is 1. The van der Waals surface area contributed by atoms with Crippen LogP contribution in [0.4, 0.5) is 0 Å². The summed E-state index contributed by atoms with van der Waals surface area (Å²) in [6.45, 7) is 1.46. The number of nitrogens with zero attached hydrogens (tertiary/aromatic N) is 1. The van der Waals surface area contributed by atoms with Gasteiger partial charge in [-0.05, 0) is 38.0 Å². The van der Waals surface area contributed by atoms with Gasteiger partial charge in [-0.1, -0.05) is 6.07 Å². The van der Waals surface area contributed by atoms with Gasteiger partial charge in [0.25, 0.3) is 5.91 Å². The molecule has 1 unspecified atom stereocenters. The fourth-order valence-corrected chi connectivity index (χ4v) is 2.81. The van der Waals surface area contributed by atoms with Crippen molar-refractivity contribution in [3.05, 3.63) is 29.8 Å². The number of sulfone groups is 1. The number of benzene rings is 1. The molecule has 1 fully saturated rings. The minimum absolute atomic E-state index is 0.0482. The Kier molecular flexibility index (Phi) is 4.04. The number of carbonyl (C=O) groups excluding carboxylic acids is 1. The van der Waals surface area contributed by atoms with Crippen LogP contribution in [0, 0.1) is 0 Å². The zero-order valence-electron chi connectivity index (χ0n) is 11.8. The maximum atomic E-state index is 12.5. The van der Waals surface area contributed by atoms with Crippen molar-refractivity contribution in [1.29, 1.82) is 0 Å². The second-order valence-electron chi connectivity index (χ2n) is 5.26. The van der Waals surface area contributed by atoms with Gasteiger partial charge in [0.05, 0.1) is 4.90 Å². The van der Waals surface area contributed by atoms with Crippen molar-refractivity contribution in [2.24, 2.45) is 0 Å². The minimum Gasteiger partial charge on any atom is -0.480 e. The van der Waals surface area contributed by atoms with Gasteiger partial charge in [0, 0.05) is 17.9 Å². The molecule has 1 N–H and O–H groups in total. The summed E-state index contributed by atoms with van der Waals surface area (Å²) in [4.78, 5) is 25.0. The predicted octanol–water partition coefficient (Wildman–Crippen LogP) is 1.17. The summed E-state index contributed by atoms with van der Waals surface area (Å²) < 4.78 is 23.1. The molecule has 1 aliphatic rings. The van der Waals surface area contributed by atoms with E-state index in [-0.39, 0.29) is 16.5 Å². The van der Waals surface area contributed by atoms with Crippen LogP contribution in [0.5, 0.6) is 0 Å². The van der Waals surface area contributed by atoms with Crippen LogP contribution in [0.1, 0.15) is 30.1 Å². The van der Waals surface area contributed by atoms with Crippen LogP contribution in [0.15, 0.2) is 29.2 Å². The first-order valence-electron chi connectivity index (χ1n) is 6.57. The monoisotopic (exact) mass is 311 g/mol. The molecule has 2 rings (SSSR count). The average molecular weight is 311 g/mol. The van der Waals surface area contributed by atoms with Gasteiger partial charge in [0.15, 0.2) is 9.84 Å². The Labute approximate surface area is 123 Å². The molecule has 1 aliphatic carbocycles. The standard InChI is InChI=1S/C14H17NO5S/c1-9(14(17)18)15(11-6-7-11)13(16)10-4-3-5-12(8-10)21(2,19)20/h3-5,8-9,11H,6-7H2,1-2H3,(H,17,18). The second kappa shape index (κ2) is 5.48. The Morgan fingerprint density at radius 3 is 2.43 bits per heavy atom. The van der Waals surface area contributed by atoms with Crippen molar-refractivity contribution in [3.8, 4) is 0 Å². The SMILES string of the molecule is CC(C(=O)O)N(C(=O)c1cccc(S(C)(=O)=O)c1)C1CC1. The lowest BCUT2D eigenvalue weighted by Crippen LogP contribution is -2.44. The lowest BCUT2D eigenvalue weighted by molar-refractivity contribution is -0.141. The molecule has 0 bridgehead atoms. The molecule has 7 heteroatoms. The normalized spacial score (nSPS) is 16.3. The fourth-order valence-electron chi connectivity index (χ4n) is 2.14. The molecule has 0 spiro atoms. The van der Waals surface area contributed by atoms with Crippen LogP contribution in [-0.2, 0) is 14.6 Å². The molecular weight excluding hydrogens is 294 g/mol. The molecule has 21 heavy (non-hydrogen) atoms. The molecule has 0 aromatic heterocycles. The number of rotatable bonds is 5. The Morgan fingerprint density at radius 2 is 1.95 bits per heavy atom. The van der Waals surface area contributed by atoms with E-state index in [1.54, 1.807) is 0 Å². The lowest BCUT2D eigenvalue weighted by Gasteiger charge is -2.26. The highest BCUT2D eigenvalue weighted by Crippen LogP contribution is 2.30. The fraction of sp³-hybridized carbons (Fsp3) is 0.429. The number of carbonyl (C=O) groups is 2. The van der Waals surface area contributed by atoms with E-state index >= 15 is 0 Å². The topological polar surface area (TPSA) is 91.8 Å². The third-order valence-electron chi connectivity index (χ3n) is 3.46. The second-order valence-corrected chi connectivity index (χ2v) is 7.27. The predicted molar refractivity (Wildman–Crippen MR) is 75.8 cm³/mol. The Balaban J connectivity index is 2.36. The van der Waals surface area contributed by atoms with Crippen molar-refractivity contribution in [2.45, 2.75) is 36.7 Å². The number of hydrogen-bond acceptors (Lipinski definition) is 4. The van der Waals surface area contributed by atoms with Gasteiger partial charge in [-0.25, -0.2) is 13.2 Å². The molecule has 1 aromatic rings. The molecule has 114 valence electrons. The average Bonchev–Trinajstić information content (AvgIpc) is 3.22. The van der Waals surface area contributed by atoms with Crippen LogP contribution in [0.3, 0.4) is 0 Å². The summed E-state index contributed by atoms with van der Waals surface area (Å²) in [5.74, 6) is -1.52. The number of aliphatic carboxylic acids is 1. The Bertz CT molecular complexity index is 678. The highest BCUT2D eigenvalue weighted by molar-refractivity contribution is 7.90. The zero-order valence-corrected chi connectivity index (χ0v) is 12.6. The largest absolute Gasteiger partial charge is 0.480 e. The van der Waals surface area contributed by atoms with Gasteiger partial charge in [-0.3, -0.25) is 4.79 Å². The maximum Gasteiger partial charge on any atom is 0.326 e. The van der Waals surface area contributed by atoms with E-state index in [9.17, 15) is 18.0 Å². The summed E-state index contributed by atoms with van der Waals surface area (Å²) >= 11 is 0. The highest BCUT2D eigenvalue weighted by Gasteiger charge is 2.38. The van der Waals surface area contributed by atoms with Crippen LogP contribution >= 0.6 is 0 Å². The van der Waals surface area contributed by atoms with E-state index in [2.05, 4.69) is 0 Å². The van der Waals surface area contributed by atoms with Crippen molar-refractivity contribution in [1.82, 2.24) is 4.90 Å². The molecule has 1 aromatic carbocycles. The van der Waals surface area contributed by atoms with Gasteiger partial charge in [-0.2, -0.15) is 0 Å². The van der Waals surface area contributed by atoms with E-state index in [1.165, 1.54) is 36.1 Å². The molecular formula is C14H17NO5S. The number of hydrogen-bond donors (Lipinski definition) is 1. The van der Waals surface area contributed by atoms with Crippen molar-refractivity contribution in [3.63, 3.8) is 0 Å². The smallest absolute Gasteiger partial charge is 0.326 e. The summed E-state index contributed by atoms with van der Waals surface area (Å²) in [6, 6.07) is 4.68. The van der Waals surface area contributed by atoms with E-state index < -0.39 is 27.8 Å². The summed E-state index contributed by atoms with van der Waals surface area (Å²) in [7, 11) is -3.41. The molecule has 0 radical (unpaired) electrons. The Morgan fingerprint density at radius 1 is 1.33 bits per heavy atom. The summed E-state index contributed by atoms with van der Waals surface area (Å²) in [5.41, 5.74) is 0.193. The molecule has 0 aliphatic heterocycles. The van der Waals surface area contributed by atoms with Crippen LogP contribution in [0.2, 0.25) is 0 Å². The molecule has 1 atom stereocenters. The minimum atomic E-state index is -3.41. The van der Waals surface area contributed by atoms with Gasteiger partial charge in [0.2, 0.25) is 0 Å². The van der Waals surface area contributed by atoms with Crippen molar-refractivity contribution in [2.75, 3.05) is 6.26 Å². The highest BCUT2D eigenvalue weighted by atomic mass is 32.2. The molecule has 1 saturated carbocycles. The van der Waals surface area contributed by atoms with Gasteiger partial charge < -0.3 is 10.0 Å². The van der Waals surface area contributed by atoms with Gasteiger partial charge in [-0.15, -0.1) is 0 Å². The molecule has 0 heterocycles. The van der Waals surface area contributed by atoms with Crippen molar-refractivity contribution < 1.29 is 23.1 Å². The first-order chi connectivity index (χ1) is 9.71. The zero-order chi connectivity index (χ0) is 15.8. The first-order valence-corrected chi connectivity index (χ1v) is 8.46. The lowest BCUT2D eigenvalue weighted by atomic mass is 10.1. The summed E-state index contributed by atoms with van der Waals surface area (Å²) in [5, 5.41) is 9.12. The van der Waals surface area contributed by atoms with E-state index in [1.807, 2.05) is 0 Å². The third-order valence-corrected chi connectivity index (χ3v) is 4.57. The van der Waals surface area contributed by atoms with Crippen LogP contribution in [-0.4, -0.2) is 48.6 Å². The molecule has 6 nitrogen and oxygen atoms in total. The molecule has 0 saturated heterocycles. The van der Waals surface area contributed by atoms with E-state index in [0.717, 1.165) is 19.1 Å². The maximum absolute atomic E-state index is 12.5. The van der Waals surface area contributed by atoms with Crippen LogP contribution in [0.25, 0.3) is 0 Å².